The van der Waals surface area contributed by atoms with Gasteiger partial charge in [-0.2, -0.15) is 0 Å². The fourth-order valence-electron chi connectivity index (χ4n) is 2.36. The van der Waals surface area contributed by atoms with E-state index in [4.69, 9.17) is 0 Å². The molecule has 1 heteroatoms. The molecule has 0 aromatic heterocycles. The molecule has 2 aromatic rings. The molecule has 2 aromatic carbocycles. The molecule has 0 fully saturated rings. The molecule has 0 unspecified atom stereocenters. The van der Waals surface area contributed by atoms with Crippen molar-refractivity contribution in [3.8, 4) is 11.1 Å². The zero-order valence-electron chi connectivity index (χ0n) is 13.2. The number of anilines is 1. The molecule has 0 aliphatic rings. The average molecular weight is 289 g/mol. The van der Waals surface area contributed by atoms with Crippen molar-refractivity contribution in [1.29, 1.82) is 0 Å². The summed E-state index contributed by atoms with van der Waals surface area (Å²) in [5.41, 5.74) is 4.82. The van der Waals surface area contributed by atoms with E-state index in [1.54, 1.807) is 0 Å². The summed E-state index contributed by atoms with van der Waals surface area (Å²) in [5, 5.41) is 0. The highest BCUT2D eigenvalue weighted by Gasteiger charge is 2.02. The van der Waals surface area contributed by atoms with Crippen LogP contribution < -0.4 is 4.90 Å². The van der Waals surface area contributed by atoms with Crippen LogP contribution in [0.3, 0.4) is 0 Å². The number of rotatable bonds is 7. The first kappa shape index (κ1) is 15.8. The Balaban J connectivity index is 2.07. The SMILES string of the molecule is C=CC(C=C)=CCCN(C)c1cccc(-c2ccccc2)c1. The molecule has 112 valence electrons. The normalized spacial score (nSPS) is 9.86. The summed E-state index contributed by atoms with van der Waals surface area (Å²) in [6.07, 6.45) is 6.81. The summed E-state index contributed by atoms with van der Waals surface area (Å²) < 4.78 is 0. The first-order chi connectivity index (χ1) is 10.7. The van der Waals surface area contributed by atoms with E-state index in [0.717, 1.165) is 18.5 Å². The fraction of sp³-hybridized carbons (Fsp3) is 0.143. The van der Waals surface area contributed by atoms with Crippen molar-refractivity contribution in [2.75, 3.05) is 18.5 Å². The van der Waals surface area contributed by atoms with E-state index < -0.39 is 0 Å². The number of hydrogen-bond donors (Lipinski definition) is 0. The van der Waals surface area contributed by atoms with Crippen LogP contribution in [0.4, 0.5) is 5.69 Å². The predicted molar refractivity (Wildman–Crippen MR) is 98.2 cm³/mol. The first-order valence-electron chi connectivity index (χ1n) is 7.56. The van der Waals surface area contributed by atoms with Crippen molar-refractivity contribution >= 4 is 5.69 Å². The van der Waals surface area contributed by atoms with Gasteiger partial charge in [-0.25, -0.2) is 0 Å². The molecule has 0 radical (unpaired) electrons. The summed E-state index contributed by atoms with van der Waals surface area (Å²) in [4.78, 5) is 2.27. The maximum absolute atomic E-state index is 3.78. The molecular formula is C21H23N. The van der Waals surface area contributed by atoms with Gasteiger partial charge in [-0.3, -0.25) is 0 Å². The Kier molecular flexibility index (Phi) is 5.79. The van der Waals surface area contributed by atoms with Crippen molar-refractivity contribution in [1.82, 2.24) is 0 Å². The van der Waals surface area contributed by atoms with Gasteiger partial charge < -0.3 is 4.90 Å². The molecule has 2 rings (SSSR count). The standard InChI is InChI=1S/C21H23N/c1-4-18(5-2)11-10-16-22(3)21-15-9-14-20(17-21)19-12-7-6-8-13-19/h4-9,11-15,17H,1-2,10,16H2,3H3. The number of allylic oxidation sites excluding steroid dienone is 3. The Bertz CT molecular complexity index is 643. The van der Waals surface area contributed by atoms with E-state index in [1.807, 2.05) is 18.2 Å². The molecule has 0 bridgehead atoms. The Morgan fingerprint density at radius 2 is 1.64 bits per heavy atom. The molecule has 22 heavy (non-hydrogen) atoms. The summed E-state index contributed by atoms with van der Waals surface area (Å²) in [5.74, 6) is 0. The Morgan fingerprint density at radius 3 is 2.32 bits per heavy atom. The van der Waals surface area contributed by atoms with E-state index in [1.165, 1.54) is 16.8 Å². The minimum atomic E-state index is 0.962. The van der Waals surface area contributed by atoms with Crippen LogP contribution in [0.5, 0.6) is 0 Å². The third kappa shape index (κ3) is 4.23. The van der Waals surface area contributed by atoms with Gasteiger partial charge in [0, 0.05) is 19.3 Å². The molecule has 0 aliphatic carbocycles. The van der Waals surface area contributed by atoms with Gasteiger partial charge in [0.25, 0.3) is 0 Å². The Labute approximate surface area is 133 Å². The number of benzene rings is 2. The maximum atomic E-state index is 3.78. The lowest BCUT2D eigenvalue weighted by molar-refractivity contribution is 0.897. The van der Waals surface area contributed by atoms with Crippen molar-refractivity contribution < 1.29 is 0 Å². The third-order valence-electron chi connectivity index (χ3n) is 3.71. The van der Waals surface area contributed by atoms with E-state index in [0.29, 0.717) is 0 Å². The maximum Gasteiger partial charge on any atom is 0.0369 e. The van der Waals surface area contributed by atoms with Crippen LogP contribution in [0, 0.1) is 0 Å². The van der Waals surface area contributed by atoms with Crippen LogP contribution >= 0.6 is 0 Å². The van der Waals surface area contributed by atoms with Crippen molar-refractivity contribution in [3.63, 3.8) is 0 Å². The van der Waals surface area contributed by atoms with E-state index in [9.17, 15) is 0 Å². The molecule has 1 nitrogen and oxygen atoms in total. The quantitative estimate of drug-likeness (QED) is 0.610. The van der Waals surface area contributed by atoms with Gasteiger partial charge in [-0.15, -0.1) is 0 Å². The molecule has 0 aliphatic heterocycles. The van der Waals surface area contributed by atoms with Gasteiger partial charge in [0.05, 0.1) is 0 Å². The second-order valence-corrected chi connectivity index (χ2v) is 5.24. The van der Waals surface area contributed by atoms with Crippen LogP contribution in [0.2, 0.25) is 0 Å². The molecule has 0 heterocycles. The highest BCUT2D eigenvalue weighted by atomic mass is 15.1. The Morgan fingerprint density at radius 1 is 0.955 bits per heavy atom. The van der Waals surface area contributed by atoms with E-state index in [2.05, 4.69) is 79.7 Å². The van der Waals surface area contributed by atoms with Gasteiger partial charge in [-0.1, -0.05) is 73.9 Å². The summed E-state index contributed by atoms with van der Waals surface area (Å²) in [6.45, 7) is 8.52. The largest absolute Gasteiger partial charge is 0.374 e. The van der Waals surface area contributed by atoms with Gasteiger partial charge in [0.15, 0.2) is 0 Å². The van der Waals surface area contributed by atoms with Crippen LogP contribution in [0.25, 0.3) is 11.1 Å². The van der Waals surface area contributed by atoms with Crippen LogP contribution in [-0.4, -0.2) is 13.6 Å². The molecule has 0 saturated carbocycles. The van der Waals surface area contributed by atoms with Crippen LogP contribution in [0.15, 0.2) is 91.6 Å². The third-order valence-corrected chi connectivity index (χ3v) is 3.71. The van der Waals surface area contributed by atoms with E-state index >= 15 is 0 Å². The van der Waals surface area contributed by atoms with Gasteiger partial charge >= 0.3 is 0 Å². The minimum absolute atomic E-state index is 0.962. The predicted octanol–water partition coefficient (Wildman–Crippen LogP) is 5.48. The van der Waals surface area contributed by atoms with Crippen molar-refractivity contribution in [2.24, 2.45) is 0 Å². The van der Waals surface area contributed by atoms with Crippen molar-refractivity contribution in [3.05, 3.63) is 91.6 Å². The van der Waals surface area contributed by atoms with Crippen LogP contribution in [-0.2, 0) is 0 Å². The first-order valence-corrected chi connectivity index (χ1v) is 7.56. The minimum Gasteiger partial charge on any atom is -0.374 e. The molecule has 0 amide bonds. The fourth-order valence-corrected chi connectivity index (χ4v) is 2.36. The number of nitrogens with zero attached hydrogens (tertiary/aromatic N) is 1. The lowest BCUT2D eigenvalue weighted by Gasteiger charge is -2.19. The zero-order chi connectivity index (χ0) is 15.8. The van der Waals surface area contributed by atoms with Crippen LogP contribution in [0.1, 0.15) is 6.42 Å². The molecule has 0 atom stereocenters. The lowest BCUT2D eigenvalue weighted by Crippen LogP contribution is -2.17. The molecule has 0 saturated heterocycles. The second-order valence-electron chi connectivity index (χ2n) is 5.24. The number of hydrogen-bond acceptors (Lipinski definition) is 1. The van der Waals surface area contributed by atoms with E-state index in [-0.39, 0.29) is 0 Å². The smallest absolute Gasteiger partial charge is 0.0369 e. The van der Waals surface area contributed by atoms with Crippen molar-refractivity contribution in [2.45, 2.75) is 6.42 Å². The Hall–Kier alpha value is -2.54. The summed E-state index contributed by atoms with van der Waals surface area (Å²) in [7, 11) is 2.12. The highest BCUT2D eigenvalue weighted by Crippen LogP contribution is 2.24. The summed E-state index contributed by atoms with van der Waals surface area (Å²) >= 11 is 0. The average Bonchev–Trinajstić information content (AvgIpc) is 2.59. The van der Waals surface area contributed by atoms with Gasteiger partial charge in [0.2, 0.25) is 0 Å². The molecule has 0 N–H and O–H groups in total. The monoisotopic (exact) mass is 289 g/mol. The highest BCUT2D eigenvalue weighted by molar-refractivity contribution is 5.68. The molecular weight excluding hydrogens is 266 g/mol. The zero-order valence-corrected chi connectivity index (χ0v) is 13.2. The van der Waals surface area contributed by atoms with Gasteiger partial charge in [-0.05, 0) is 35.3 Å². The second kappa shape index (κ2) is 8.04. The summed E-state index contributed by atoms with van der Waals surface area (Å²) in [6, 6.07) is 19.1. The topological polar surface area (TPSA) is 3.24 Å². The molecule has 0 spiro atoms. The lowest BCUT2D eigenvalue weighted by atomic mass is 10.0. The van der Waals surface area contributed by atoms with Gasteiger partial charge in [0.1, 0.15) is 0 Å².